The van der Waals surface area contributed by atoms with E-state index in [1.54, 1.807) is 31.2 Å². The Labute approximate surface area is 100 Å². The quantitative estimate of drug-likeness (QED) is 0.762. The lowest BCUT2D eigenvalue weighted by Gasteiger charge is -2.04. The van der Waals surface area contributed by atoms with Crippen LogP contribution in [0.1, 0.15) is 18.9 Å². The number of nitrogens with zero attached hydrogens (tertiary/aromatic N) is 1. The summed E-state index contributed by atoms with van der Waals surface area (Å²) in [5.41, 5.74) is 1.77. The van der Waals surface area contributed by atoms with Crippen LogP contribution in [0.5, 0.6) is 0 Å². The Kier molecular flexibility index (Phi) is 4.77. The first-order valence-electron chi connectivity index (χ1n) is 5.33. The van der Waals surface area contributed by atoms with Gasteiger partial charge < -0.3 is 10.4 Å². The molecule has 0 fully saturated rings. The second-order valence-corrected chi connectivity index (χ2v) is 3.46. The summed E-state index contributed by atoms with van der Waals surface area (Å²) in [5.74, 6) is -0.889. The Morgan fingerprint density at radius 1 is 1.59 bits per heavy atom. The van der Waals surface area contributed by atoms with Crippen molar-refractivity contribution in [2.75, 3.05) is 11.9 Å². The van der Waals surface area contributed by atoms with E-state index in [2.05, 4.69) is 5.32 Å². The van der Waals surface area contributed by atoms with Crippen LogP contribution in [-0.4, -0.2) is 17.6 Å². The highest BCUT2D eigenvalue weighted by molar-refractivity contribution is 5.86. The molecule has 88 valence electrons. The van der Waals surface area contributed by atoms with Crippen molar-refractivity contribution in [3.8, 4) is 6.07 Å². The van der Waals surface area contributed by atoms with E-state index < -0.39 is 5.97 Å². The first-order chi connectivity index (χ1) is 8.17. The lowest BCUT2D eigenvalue weighted by molar-refractivity contribution is -0.132. The third-order valence-corrected chi connectivity index (χ3v) is 2.30. The van der Waals surface area contributed by atoms with Crippen LogP contribution in [0.4, 0.5) is 5.69 Å². The van der Waals surface area contributed by atoms with Gasteiger partial charge in [0.2, 0.25) is 0 Å². The van der Waals surface area contributed by atoms with Crippen molar-refractivity contribution in [3.63, 3.8) is 0 Å². The molecular weight excluding hydrogens is 216 g/mol. The average molecular weight is 230 g/mol. The lowest BCUT2D eigenvalue weighted by Crippen LogP contribution is -2.04. The standard InChI is InChI=1S/C13H14N2O2/c1-2-11(13(16)17)6-7-15-12-5-3-4-10(8-12)9-14/h3-6,8,15H,2,7H2,1H3,(H,16,17)/b11-6-. The van der Waals surface area contributed by atoms with Crippen molar-refractivity contribution in [3.05, 3.63) is 41.5 Å². The minimum absolute atomic E-state index is 0.383. The molecule has 0 saturated heterocycles. The van der Waals surface area contributed by atoms with Crippen molar-refractivity contribution in [2.45, 2.75) is 13.3 Å². The number of carboxylic acids is 1. The van der Waals surface area contributed by atoms with Gasteiger partial charge in [0, 0.05) is 17.8 Å². The Balaban J connectivity index is 2.62. The van der Waals surface area contributed by atoms with Crippen molar-refractivity contribution >= 4 is 11.7 Å². The van der Waals surface area contributed by atoms with Crippen molar-refractivity contribution in [1.82, 2.24) is 0 Å². The molecule has 1 rings (SSSR count). The maximum atomic E-state index is 10.7. The van der Waals surface area contributed by atoms with Gasteiger partial charge in [-0.2, -0.15) is 5.26 Å². The molecule has 0 unspecified atom stereocenters. The number of hydrogen-bond acceptors (Lipinski definition) is 3. The molecule has 0 amide bonds. The second-order valence-electron chi connectivity index (χ2n) is 3.46. The minimum atomic E-state index is -0.889. The van der Waals surface area contributed by atoms with Crippen molar-refractivity contribution in [2.24, 2.45) is 0 Å². The van der Waals surface area contributed by atoms with Crippen LogP contribution < -0.4 is 5.32 Å². The molecule has 0 aliphatic rings. The summed E-state index contributed by atoms with van der Waals surface area (Å²) in [6, 6.07) is 9.10. The fourth-order valence-corrected chi connectivity index (χ4v) is 1.37. The molecule has 0 radical (unpaired) electrons. The molecule has 0 spiro atoms. The van der Waals surface area contributed by atoms with E-state index >= 15 is 0 Å². The minimum Gasteiger partial charge on any atom is -0.478 e. The van der Waals surface area contributed by atoms with Crippen LogP contribution in [0.2, 0.25) is 0 Å². The maximum absolute atomic E-state index is 10.7. The number of nitrogens with one attached hydrogen (secondary N) is 1. The third-order valence-electron chi connectivity index (χ3n) is 2.30. The molecule has 2 N–H and O–H groups in total. The number of hydrogen-bond donors (Lipinski definition) is 2. The van der Waals surface area contributed by atoms with Gasteiger partial charge in [-0.25, -0.2) is 4.79 Å². The number of rotatable bonds is 5. The van der Waals surface area contributed by atoms with Crippen molar-refractivity contribution < 1.29 is 9.90 Å². The van der Waals surface area contributed by atoms with Gasteiger partial charge in [-0.1, -0.05) is 19.1 Å². The topological polar surface area (TPSA) is 73.1 Å². The molecule has 1 aromatic carbocycles. The normalized spacial score (nSPS) is 10.7. The van der Waals surface area contributed by atoms with Gasteiger partial charge in [-0.3, -0.25) is 0 Å². The van der Waals surface area contributed by atoms with E-state index in [-0.39, 0.29) is 0 Å². The summed E-state index contributed by atoms with van der Waals surface area (Å²) in [4.78, 5) is 10.7. The van der Waals surface area contributed by atoms with Gasteiger partial charge in [0.15, 0.2) is 0 Å². The smallest absolute Gasteiger partial charge is 0.331 e. The molecular formula is C13H14N2O2. The molecule has 17 heavy (non-hydrogen) atoms. The van der Waals surface area contributed by atoms with E-state index in [0.29, 0.717) is 24.1 Å². The largest absolute Gasteiger partial charge is 0.478 e. The Morgan fingerprint density at radius 2 is 2.35 bits per heavy atom. The van der Waals surface area contributed by atoms with Crippen LogP contribution in [0.3, 0.4) is 0 Å². The van der Waals surface area contributed by atoms with E-state index in [0.717, 1.165) is 5.69 Å². The molecule has 0 aromatic heterocycles. The molecule has 0 bridgehead atoms. The number of carboxylic acid groups (broad SMARTS) is 1. The summed E-state index contributed by atoms with van der Waals surface area (Å²) in [7, 11) is 0. The predicted molar refractivity (Wildman–Crippen MR) is 65.7 cm³/mol. The molecule has 0 aliphatic heterocycles. The molecule has 0 saturated carbocycles. The molecule has 0 aliphatic carbocycles. The molecule has 4 nitrogen and oxygen atoms in total. The van der Waals surface area contributed by atoms with Crippen LogP contribution in [-0.2, 0) is 4.79 Å². The van der Waals surface area contributed by atoms with E-state index in [4.69, 9.17) is 10.4 Å². The van der Waals surface area contributed by atoms with E-state index in [1.165, 1.54) is 0 Å². The summed E-state index contributed by atoms with van der Waals surface area (Å²) < 4.78 is 0. The molecule has 0 heterocycles. The molecule has 0 atom stereocenters. The second kappa shape index (κ2) is 6.33. The number of nitriles is 1. The fourth-order valence-electron chi connectivity index (χ4n) is 1.37. The van der Waals surface area contributed by atoms with Crippen LogP contribution >= 0.6 is 0 Å². The van der Waals surface area contributed by atoms with Gasteiger partial charge in [0.25, 0.3) is 0 Å². The van der Waals surface area contributed by atoms with Gasteiger partial charge in [-0.05, 0) is 24.6 Å². The maximum Gasteiger partial charge on any atom is 0.331 e. The zero-order chi connectivity index (χ0) is 12.7. The number of benzene rings is 1. The highest BCUT2D eigenvalue weighted by atomic mass is 16.4. The predicted octanol–water partition coefficient (Wildman–Crippen LogP) is 2.39. The Hall–Kier alpha value is -2.28. The summed E-state index contributed by atoms with van der Waals surface area (Å²) in [5, 5.41) is 20.6. The zero-order valence-corrected chi connectivity index (χ0v) is 9.60. The number of aliphatic carboxylic acids is 1. The van der Waals surface area contributed by atoms with Crippen LogP contribution in [0.25, 0.3) is 0 Å². The molecule has 4 heteroatoms. The van der Waals surface area contributed by atoms with Crippen LogP contribution in [0, 0.1) is 11.3 Å². The third kappa shape index (κ3) is 3.99. The number of anilines is 1. The first kappa shape index (κ1) is 12.8. The van der Waals surface area contributed by atoms with Crippen molar-refractivity contribution in [1.29, 1.82) is 5.26 Å². The fraction of sp³-hybridized carbons (Fsp3) is 0.231. The summed E-state index contributed by atoms with van der Waals surface area (Å²) in [6.07, 6.45) is 2.14. The average Bonchev–Trinajstić information content (AvgIpc) is 2.34. The van der Waals surface area contributed by atoms with Gasteiger partial charge in [0.1, 0.15) is 0 Å². The Bertz CT molecular complexity index is 473. The zero-order valence-electron chi connectivity index (χ0n) is 9.60. The number of carbonyl (C=O) groups is 1. The van der Waals surface area contributed by atoms with E-state index in [9.17, 15) is 4.79 Å². The summed E-state index contributed by atoms with van der Waals surface area (Å²) in [6.45, 7) is 2.24. The SMILES string of the molecule is CC/C(=C/CNc1cccc(C#N)c1)C(=O)O. The lowest BCUT2D eigenvalue weighted by atomic mass is 10.2. The molecule has 1 aromatic rings. The highest BCUT2D eigenvalue weighted by Gasteiger charge is 2.02. The van der Waals surface area contributed by atoms with E-state index in [1.807, 2.05) is 12.1 Å². The Morgan fingerprint density at radius 3 is 2.94 bits per heavy atom. The van der Waals surface area contributed by atoms with Gasteiger partial charge in [0.05, 0.1) is 11.6 Å². The first-order valence-corrected chi connectivity index (χ1v) is 5.33. The highest BCUT2D eigenvalue weighted by Crippen LogP contribution is 2.09. The van der Waals surface area contributed by atoms with Crippen LogP contribution in [0.15, 0.2) is 35.9 Å². The van der Waals surface area contributed by atoms with Gasteiger partial charge in [-0.15, -0.1) is 0 Å². The summed E-state index contributed by atoms with van der Waals surface area (Å²) >= 11 is 0. The van der Waals surface area contributed by atoms with Gasteiger partial charge >= 0.3 is 5.97 Å². The monoisotopic (exact) mass is 230 g/mol.